The van der Waals surface area contributed by atoms with Gasteiger partial charge in [0.05, 0.1) is 11.0 Å². The molecular formula is C30H28N6O2. The van der Waals surface area contributed by atoms with Crippen molar-refractivity contribution in [3.8, 4) is 23.0 Å². The average molecular weight is 505 g/mol. The Morgan fingerprint density at radius 1 is 0.947 bits per heavy atom. The lowest BCUT2D eigenvalue weighted by atomic mass is 10.1. The van der Waals surface area contributed by atoms with Crippen LogP contribution < -0.4 is 5.32 Å². The molecule has 0 radical (unpaired) electrons. The Kier molecular flexibility index (Phi) is 5.46. The molecule has 0 unspecified atom stereocenters. The van der Waals surface area contributed by atoms with E-state index in [9.17, 15) is 9.90 Å². The van der Waals surface area contributed by atoms with Gasteiger partial charge < -0.3 is 15.3 Å². The highest BCUT2D eigenvalue weighted by atomic mass is 16.3. The van der Waals surface area contributed by atoms with E-state index >= 15 is 0 Å². The van der Waals surface area contributed by atoms with Gasteiger partial charge in [0, 0.05) is 42.9 Å². The summed E-state index contributed by atoms with van der Waals surface area (Å²) in [6.07, 6.45) is 5.71. The third-order valence-corrected chi connectivity index (χ3v) is 7.51. The summed E-state index contributed by atoms with van der Waals surface area (Å²) < 4.78 is 1.97. The molecule has 1 aliphatic carbocycles. The first-order valence-corrected chi connectivity index (χ1v) is 13.2. The molecule has 1 saturated heterocycles. The van der Waals surface area contributed by atoms with Gasteiger partial charge >= 0.3 is 0 Å². The number of amides is 1. The molecule has 8 nitrogen and oxygen atoms in total. The van der Waals surface area contributed by atoms with E-state index in [-0.39, 0.29) is 23.6 Å². The molecule has 0 bridgehead atoms. The molecule has 8 heteroatoms. The molecule has 38 heavy (non-hydrogen) atoms. The number of fused-ring (bicyclic) bond motifs is 2. The third-order valence-electron chi connectivity index (χ3n) is 7.51. The number of aromatic hydroxyl groups is 1. The number of hydrogen-bond acceptors (Lipinski definition) is 6. The van der Waals surface area contributed by atoms with E-state index in [0.717, 1.165) is 65.4 Å². The molecule has 1 aliphatic heterocycles. The number of carbonyl (C=O) groups is 1. The number of likely N-dealkylation sites (tertiary alicyclic amines) is 1. The Bertz CT molecular complexity index is 1670. The number of imidazole rings is 1. The Morgan fingerprint density at radius 2 is 1.82 bits per heavy atom. The topological polar surface area (TPSA) is 96.2 Å². The molecule has 0 spiro atoms. The van der Waals surface area contributed by atoms with Crippen molar-refractivity contribution in [2.75, 3.05) is 18.4 Å². The molecule has 1 amide bonds. The van der Waals surface area contributed by atoms with Crippen molar-refractivity contribution in [2.24, 2.45) is 5.92 Å². The first-order chi connectivity index (χ1) is 18.6. The van der Waals surface area contributed by atoms with Crippen molar-refractivity contribution in [3.63, 3.8) is 0 Å². The van der Waals surface area contributed by atoms with Crippen molar-refractivity contribution in [1.82, 2.24) is 24.4 Å². The number of hydrogen-bond donors (Lipinski definition) is 2. The quantitative estimate of drug-likeness (QED) is 0.344. The molecule has 5 aromatic rings. The maximum Gasteiger partial charge on any atom is 0.225 e. The first-order valence-electron chi connectivity index (χ1n) is 13.2. The van der Waals surface area contributed by atoms with Gasteiger partial charge in [0.25, 0.3) is 0 Å². The molecule has 1 saturated carbocycles. The van der Waals surface area contributed by atoms with Crippen molar-refractivity contribution >= 4 is 33.7 Å². The van der Waals surface area contributed by atoms with Gasteiger partial charge in [-0.3, -0.25) is 9.36 Å². The van der Waals surface area contributed by atoms with E-state index in [1.165, 1.54) is 0 Å². The van der Waals surface area contributed by atoms with Gasteiger partial charge in [0.2, 0.25) is 11.9 Å². The van der Waals surface area contributed by atoms with E-state index in [4.69, 9.17) is 9.97 Å². The van der Waals surface area contributed by atoms with Crippen LogP contribution in [0.15, 0.2) is 72.9 Å². The second-order valence-electron chi connectivity index (χ2n) is 10.3. The minimum atomic E-state index is 0.102. The number of phenols is 1. The number of nitrogens with one attached hydrogen (secondary N) is 1. The third kappa shape index (κ3) is 4.22. The van der Waals surface area contributed by atoms with Crippen LogP contribution in [-0.2, 0) is 4.79 Å². The van der Waals surface area contributed by atoms with E-state index in [1.807, 2.05) is 33.7 Å². The minimum Gasteiger partial charge on any atom is -0.508 e. The predicted molar refractivity (Wildman–Crippen MR) is 147 cm³/mol. The van der Waals surface area contributed by atoms with Crippen LogP contribution in [0.5, 0.6) is 5.75 Å². The molecular weight excluding hydrogens is 476 g/mol. The summed E-state index contributed by atoms with van der Waals surface area (Å²) >= 11 is 0. The number of aromatic nitrogens is 4. The Balaban J connectivity index is 1.26. The summed E-state index contributed by atoms with van der Waals surface area (Å²) in [4.78, 5) is 28.9. The lowest BCUT2D eigenvalue weighted by molar-refractivity contribution is -0.133. The first kappa shape index (κ1) is 22.7. The van der Waals surface area contributed by atoms with Gasteiger partial charge in [-0.2, -0.15) is 4.98 Å². The number of anilines is 1. The SMILES string of the molecule is O=C(C1CC1)N1CCC[C@H](Nc2nccc(-n3c(-c4ccc5ccccc5c4)nc4ccc(O)cc43)n2)C1. The van der Waals surface area contributed by atoms with Gasteiger partial charge in [-0.25, -0.2) is 9.97 Å². The normalized spacial score (nSPS) is 17.7. The number of carbonyl (C=O) groups excluding carboxylic acids is 1. The zero-order chi connectivity index (χ0) is 25.6. The van der Waals surface area contributed by atoms with E-state index in [0.29, 0.717) is 18.3 Å². The zero-order valence-electron chi connectivity index (χ0n) is 20.9. The van der Waals surface area contributed by atoms with Gasteiger partial charge in [0.15, 0.2) is 0 Å². The fourth-order valence-electron chi connectivity index (χ4n) is 5.43. The van der Waals surface area contributed by atoms with Crippen LogP contribution in [0, 0.1) is 5.92 Å². The Labute approximate surface area is 220 Å². The molecule has 1 atom stereocenters. The fourth-order valence-corrected chi connectivity index (χ4v) is 5.43. The highest BCUT2D eigenvalue weighted by molar-refractivity contribution is 5.89. The van der Waals surface area contributed by atoms with Crippen molar-refractivity contribution in [3.05, 3.63) is 72.9 Å². The molecule has 190 valence electrons. The number of piperidine rings is 1. The Morgan fingerprint density at radius 3 is 2.68 bits per heavy atom. The second-order valence-corrected chi connectivity index (χ2v) is 10.3. The molecule has 2 N–H and O–H groups in total. The lowest BCUT2D eigenvalue weighted by Crippen LogP contribution is -2.45. The summed E-state index contributed by atoms with van der Waals surface area (Å²) in [5.41, 5.74) is 2.48. The van der Waals surface area contributed by atoms with Crippen LogP contribution in [0.1, 0.15) is 25.7 Å². The van der Waals surface area contributed by atoms with Gasteiger partial charge in [0.1, 0.15) is 17.4 Å². The summed E-state index contributed by atoms with van der Waals surface area (Å²) in [6.45, 7) is 1.50. The van der Waals surface area contributed by atoms with Crippen LogP contribution in [-0.4, -0.2) is 54.6 Å². The standard InChI is InChI=1S/C30H28N6O2/c37-24-11-12-25-26(17-24)36(28(33-25)22-10-7-19-4-1-2-5-21(19)16-22)27-13-14-31-30(34-27)32-23-6-3-15-35(18-23)29(38)20-8-9-20/h1-2,4-5,7,10-14,16-17,20,23,37H,3,6,8-9,15,18H2,(H,31,32,34)/t23-/m0/s1. The van der Waals surface area contributed by atoms with Gasteiger partial charge in [-0.15, -0.1) is 0 Å². The smallest absolute Gasteiger partial charge is 0.225 e. The second kappa shape index (κ2) is 9.13. The molecule has 3 heterocycles. The van der Waals surface area contributed by atoms with Crippen LogP contribution in [0.25, 0.3) is 39.0 Å². The minimum absolute atomic E-state index is 0.102. The zero-order valence-corrected chi connectivity index (χ0v) is 20.9. The van der Waals surface area contributed by atoms with E-state index in [1.54, 1.807) is 18.3 Å². The maximum absolute atomic E-state index is 12.6. The fraction of sp³-hybridized carbons (Fsp3) is 0.267. The number of phenolic OH excluding ortho intramolecular Hbond substituents is 1. The van der Waals surface area contributed by atoms with Gasteiger partial charge in [-0.05, 0) is 60.7 Å². The van der Waals surface area contributed by atoms with Crippen molar-refractivity contribution < 1.29 is 9.90 Å². The highest BCUT2D eigenvalue weighted by Gasteiger charge is 2.35. The summed E-state index contributed by atoms with van der Waals surface area (Å²) in [6, 6.07) is 21.7. The van der Waals surface area contributed by atoms with E-state index < -0.39 is 0 Å². The monoisotopic (exact) mass is 504 g/mol. The lowest BCUT2D eigenvalue weighted by Gasteiger charge is -2.33. The summed E-state index contributed by atoms with van der Waals surface area (Å²) in [5, 5.41) is 16.0. The molecule has 2 fully saturated rings. The molecule has 2 aromatic heterocycles. The number of nitrogens with zero attached hydrogens (tertiary/aromatic N) is 5. The van der Waals surface area contributed by atoms with Gasteiger partial charge in [-0.1, -0.05) is 36.4 Å². The molecule has 3 aromatic carbocycles. The summed E-state index contributed by atoms with van der Waals surface area (Å²) in [7, 11) is 0. The van der Waals surface area contributed by atoms with Crippen molar-refractivity contribution in [2.45, 2.75) is 31.7 Å². The Hall–Kier alpha value is -4.46. The number of benzene rings is 3. The molecule has 7 rings (SSSR count). The van der Waals surface area contributed by atoms with Crippen LogP contribution in [0.3, 0.4) is 0 Å². The number of rotatable bonds is 5. The van der Waals surface area contributed by atoms with Crippen LogP contribution >= 0.6 is 0 Å². The van der Waals surface area contributed by atoms with Crippen molar-refractivity contribution in [1.29, 1.82) is 0 Å². The largest absolute Gasteiger partial charge is 0.508 e. The van der Waals surface area contributed by atoms with E-state index in [2.05, 4.69) is 40.6 Å². The van der Waals surface area contributed by atoms with Crippen LogP contribution in [0.2, 0.25) is 0 Å². The maximum atomic E-state index is 12.6. The molecule has 2 aliphatic rings. The average Bonchev–Trinajstić information content (AvgIpc) is 3.73. The summed E-state index contributed by atoms with van der Waals surface area (Å²) in [5.74, 6) is 2.59. The highest BCUT2D eigenvalue weighted by Crippen LogP contribution is 2.33. The predicted octanol–water partition coefficient (Wildman–Crippen LogP) is 5.15. The van der Waals surface area contributed by atoms with Crippen LogP contribution in [0.4, 0.5) is 5.95 Å².